The van der Waals surface area contributed by atoms with E-state index in [1.54, 1.807) is 35.9 Å². The number of hydrogen-bond donors (Lipinski definition) is 4. The first-order chi connectivity index (χ1) is 7.70. The Kier molecular flexibility index (Phi) is 2.98. The first-order valence-electron chi connectivity index (χ1n) is 4.58. The van der Waals surface area contributed by atoms with Crippen molar-refractivity contribution in [3.05, 3.63) is 41.1 Å². The summed E-state index contributed by atoms with van der Waals surface area (Å²) in [7, 11) is 0. The minimum Gasteiger partial charge on any atom is -0.466 e. The number of rotatable bonds is 3. The quantitative estimate of drug-likeness (QED) is 0.365. The van der Waals surface area contributed by atoms with E-state index in [4.69, 9.17) is 27.0 Å². The second kappa shape index (κ2) is 4.42. The normalized spacial score (nSPS) is 17.9. The van der Waals surface area contributed by atoms with Gasteiger partial charge >= 0.3 is 0 Å². The van der Waals surface area contributed by atoms with Gasteiger partial charge in [-0.05, 0) is 24.3 Å². The SMILES string of the molecule is N=C(NO)c1ccc(O[C@H]2NC=C2Cl)cc1. The van der Waals surface area contributed by atoms with E-state index in [1.165, 1.54) is 0 Å². The molecule has 0 fully saturated rings. The summed E-state index contributed by atoms with van der Waals surface area (Å²) < 4.78 is 5.47. The summed E-state index contributed by atoms with van der Waals surface area (Å²) in [5.41, 5.74) is 2.34. The maximum absolute atomic E-state index is 8.54. The van der Waals surface area contributed by atoms with Gasteiger partial charge in [-0.1, -0.05) is 11.6 Å². The Bertz CT molecular complexity index is 430. The molecule has 84 valence electrons. The Morgan fingerprint density at radius 3 is 2.56 bits per heavy atom. The lowest BCUT2D eigenvalue weighted by Crippen LogP contribution is -2.39. The minimum atomic E-state index is -0.289. The number of benzene rings is 1. The molecule has 1 heterocycles. The van der Waals surface area contributed by atoms with Crippen LogP contribution in [0.1, 0.15) is 5.56 Å². The van der Waals surface area contributed by atoms with E-state index >= 15 is 0 Å². The van der Waals surface area contributed by atoms with Crippen LogP contribution >= 0.6 is 11.6 Å². The first-order valence-corrected chi connectivity index (χ1v) is 4.96. The van der Waals surface area contributed by atoms with E-state index in [1.807, 2.05) is 0 Å². The molecule has 1 aliphatic rings. The molecule has 6 heteroatoms. The van der Waals surface area contributed by atoms with Gasteiger partial charge in [0.2, 0.25) is 6.23 Å². The van der Waals surface area contributed by atoms with Gasteiger partial charge in [-0.25, -0.2) is 0 Å². The summed E-state index contributed by atoms with van der Waals surface area (Å²) in [6.45, 7) is 0. The molecule has 16 heavy (non-hydrogen) atoms. The van der Waals surface area contributed by atoms with Crippen molar-refractivity contribution < 1.29 is 9.94 Å². The fourth-order valence-electron chi connectivity index (χ4n) is 1.21. The summed E-state index contributed by atoms with van der Waals surface area (Å²) in [4.78, 5) is 0. The Morgan fingerprint density at radius 2 is 2.12 bits per heavy atom. The van der Waals surface area contributed by atoms with E-state index in [-0.39, 0.29) is 12.1 Å². The Labute approximate surface area is 97.1 Å². The molecule has 2 rings (SSSR count). The van der Waals surface area contributed by atoms with Crippen molar-refractivity contribution in [3.8, 4) is 5.75 Å². The predicted octanol–water partition coefficient (Wildman–Crippen LogP) is 1.38. The van der Waals surface area contributed by atoms with Crippen LogP contribution in [0.4, 0.5) is 0 Å². The zero-order chi connectivity index (χ0) is 11.5. The molecular formula is C10H10ClN3O2. The Morgan fingerprint density at radius 1 is 1.44 bits per heavy atom. The van der Waals surface area contributed by atoms with Gasteiger partial charge in [0.25, 0.3) is 0 Å². The molecule has 4 N–H and O–H groups in total. The molecule has 0 radical (unpaired) electrons. The molecule has 1 atom stereocenters. The predicted molar refractivity (Wildman–Crippen MR) is 59.7 cm³/mol. The third-order valence-electron chi connectivity index (χ3n) is 2.13. The van der Waals surface area contributed by atoms with Crippen molar-refractivity contribution >= 4 is 17.4 Å². The monoisotopic (exact) mass is 239 g/mol. The second-order valence-corrected chi connectivity index (χ2v) is 3.64. The molecule has 0 spiro atoms. The summed E-state index contributed by atoms with van der Waals surface area (Å²) in [6, 6.07) is 6.73. The molecule has 0 saturated heterocycles. The highest BCUT2D eigenvalue weighted by molar-refractivity contribution is 6.30. The van der Waals surface area contributed by atoms with Gasteiger partial charge in [0, 0.05) is 11.8 Å². The van der Waals surface area contributed by atoms with Crippen LogP contribution in [-0.2, 0) is 0 Å². The van der Waals surface area contributed by atoms with Crippen LogP contribution in [0.5, 0.6) is 5.75 Å². The van der Waals surface area contributed by atoms with Gasteiger partial charge in [-0.3, -0.25) is 16.1 Å². The third kappa shape index (κ3) is 2.10. The Balaban J connectivity index is 2.02. The van der Waals surface area contributed by atoms with Crippen LogP contribution in [0, 0.1) is 5.41 Å². The van der Waals surface area contributed by atoms with Gasteiger partial charge in [-0.2, -0.15) is 0 Å². The first kappa shape index (κ1) is 10.8. The average Bonchev–Trinajstić information content (AvgIpc) is 2.34. The second-order valence-electron chi connectivity index (χ2n) is 3.20. The molecule has 1 aromatic carbocycles. The third-order valence-corrected chi connectivity index (χ3v) is 2.44. The molecular weight excluding hydrogens is 230 g/mol. The summed E-state index contributed by atoms with van der Waals surface area (Å²) >= 11 is 5.77. The largest absolute Gasteiger partial charge is 0.466 e. The summed E-state index contributed by atoms with van der Waals surface area (Å²) in [5.74, 6) is 0.574. The maximum atomic E-state index is 8.54. The number of ether oxygens (including phenoxy) is 1. The summed E-state index contributed by atoms with van der Waals surface area (Å²) in [6.07, 6.45) is 1.37. The average molecular weight is 240 g/mol. The van der Waals surface area contributed by atoms with E-state index < -0.39 is 0 Å². The molecule has 0 unspecified atom stereocenters. The molecule has 0 amide bonds. The summed E-state index contributed by atoms with van der Waals surface area (Å²) in [5, 5.41) is 19.4. The van der Waals surface area contributed by atoms with E-state index in [2.05, 4.69) is 5.32 Å². The van der Waals surface area contributed by atoms with Crippen molar-refractivity contribution in [1.29, 1.82) is 5.41 Å². The topological polar surface area (TPSA) is 77.4 Å². The molecule has 0 aliphatic carbocycles. The molecule has 0 bridgehead atoms. The van der Waals surface area contributed by atoms with E-state index in [0.29, 0.717) is 16.3 Å². The van der Waals surface area contributed by atoms with Gasteiger partial charge < -0.3 is 10.1 Å². The fraction of sp³-hybridized carbons (Fsp3) is 0.100. The zero-order valence-corrected chi connectivity index (χ0v) is 8.95. The molecule has 1 aliphatic heterocycles. The van der Waals surface area contributed by atoms with Crippen LogP contribution in [0.2, 0.25) is 0 Å². The van der Waals surface area contributed by atoms with Crippen molar-refractivity contribution in [2.24, 2.45) is 0 Å². The van der Waals surface area contributed by atoms with Crippen molar-refractivity contribution in [3.63, 3.8) is 0 Å². The van der Waals surface area contributed by atoms with Crippen LogP contribution in [0.25, 0.3) is 0 Å². The van der Waals surface area contributed by atoms with E-state index in [0.717, 1.165) is 0 Å². The smallest absolute Gasteiger partial charge is 0.208 e. The standard InChI is InChI=1S/C10H10ClN3O2/c11-8-5-13-10(8)16-7-3-1-6(2-4-7)9(12)14-15/h1-5,10,13,15H,(H2,12,14)/t10-/m1/s1. The fourth-order valence-corrected chi connectivity index (χ4v) is 1.38. The van der Waals surface area contributed by atoms with Crippen molar-refractivity contribution in [2.45, 2.75) is 6.23 Å². The van der Waals surface area contributed by atoms with Crippen LogP contribution < -0.4 is 15.5 Å². The lowest BCUT2D eigenvalue weighted by Gasteiger charge is -2.25. The van der Waals surface area contributed by atoms with Gasteiger partial charge in [0.05, 0.1) is 5.03 Å². The Hall–Kier alpha value is -1.72. The lowest BCUT2D eigenvalue weighted by molar-refractivity contribution is 0.203. The molecule has 0 aromatic heterocycles. The molecule has 5 nitrogen and oxygen atoms in total. The molecule has 0 saturated carbocycles. The van der Waals surface area contributed by atoms with Crippen molar-refractivity contribution in [1.82, 2.24) is 10.8 Å². The minimum absolute atomic E-state index is 0.0637. The lowest BCUT2D eigenvalue weighted by atomic mass is 10.2. The number of hydroxylamine groups is 1. The van der Waals surface area contributed by atoms with Gasteiger partial charge in [-0.15, -0.1) is 0 Å². The van der Waals surface area contributed by atoms with E-state index in [9.17, 15) is 0 Å². The number of amidine groups is 1. The highest BCUT2D eigenvalue weighted by Gasteiger charge is 2.20. The maximum Gasteiger partial charge on any atom is 0.208 e. The van der Waals surface area contributed by atoms with Crippen molar-refractivity contribution in [2.75, 3.05) is 0 Å². The highest BCUT2D eigenvalue weighted by Crippen LogP contribution is 2.21. The number of hydrogen-bond acceptors (Lipinski definition) is 4. The van der Waals surface area contributed by atoms with Gasteiger partial charge in [0.15, 0.2) is 0 Å². The zero-order valence-electron chi connectivity index (χ0n) is 8.20. The molecule has 1 aromatic rings. The number of halogens is 1. The van der Waals surface area contributed by atoms with Gasteiger partial charge in [0.1, 0.15) is 11.6 Å². The van der Waals surface area contributed by atoms with Crippen LogP contribution in [0.3, 0.4) is 0 Å². The van der Waals surface area contributed by atoms with Crippen LogP contribution in [0.15, 0.2) is 35.5 Å². The number of nitrogens with one attached hydrogen (secondary N) is 3. The van der Waals surface area contributed by atoms with Crippen LogP contribution in [-0.4, -0.2) is 17.3 Å². The highest BCUT2D eigenvalue weighted by atomic mass is 35.5.